The summed E-state index contributed by atoms with van der Waals surface area (Å²) < 4.78 is 5.62. The van der Waals surface area contributed by atoms with Crippen molar-refractivity contribution in [1.29, 1.82) is 0 Å². The molecule has 1 aliphatic heterocycles. The number of nitrogens with one attached hydrogen (secondary N) is 1. The number of rotatable bonds is 4. The molecule has 0 saturated carbocycles. The second-order valence-corrected chi connectivity index (χ2v) is 7.64. The lowest BCUT2D eigenvalue weighted by molar-refractivity contribution is -0.384. The first kappa shape index (κ1) is 17.7. The summed E-state index contributed by atoms with van der Waals surface area (Å²) in [5.74, 6) is 1.00. The fourth-order valence-corrected chi connectivity index (χ4v) is 4.88. The van der Waals surface area contributed by atoms with Crippen molar-refractivity contribution in [3.05, 3.63) is 88.0 Å². The zero-order chi connectivity index (χ0) is 20.0. The van der Waals surface area contributed by atoms with E-state index in [-0.39, 0.29) is 22.6 Å². The number of ether oxygens (including phenoxy) is 1. The molecule has 0 fully saturated rings. The number of nitro groups is 1. The van der Waals surface area contributed by atoms with Crippen LogP contribution in [0.1, 0.15) is 36.4 Å². The number of anilines is 1. The van der Waals surface area contributed by atoms with Crippen LogP contribution in [0.25, 0.3) is 10.8 Å². The number of fused-ring (bicyclic) bond motifs is 4. The Bertz CT molecular complexity index is 1130. The van der Waals surface area contributed by atoms with E-state index in [1.54, 1.807) is 0 Å². The van der Waals surface area contributed by atoms with Crippen LogP contribution >= 0.6 is 0 Å². The van der Waals surface area contributed by atoms with Crippen molar-refractivity contribution >= 4 is 22.1 Å². The van der Waals surface area contributed by atoms with Crippen LogP contribution in [0, 0.1) is 16.0 Å². The average Bonchev–Trinajstić information content (AvgIpc) is 3.23. The van der Waals surface area contributed by atoms with Gasteiger partial charge in [0.25, 0.3) is 5.69 Å². The minimum Gasteiger partial charge on any atom is -0.494 e. The predicted molar refractivity (Wildman–Crippen MR) is 115 cm³/mol. The molecule has 0 radical (unpaired) electrons. The van der Waals surface area contributed by atoms with Crippen LogP contribution in [0.5, 0.6) is 5.75 Å². The molecule has 146 valence electrons. The molecule has 29 heavy (non-hydrogen) atoms. The molecule has 0 unspecified atom stereocenters. The standard InChI is InChI=1S/C24H22N2O3/c1-2-29-16-13-21-18-10-6-12-20(18)23(25-24(21)22(14-16)26(27)28)19-11-5-8-15-7-3-4-9-17(15)19/h3-11,13-14,18,20,23,25H,2,12H2,1H3/t18-,20+,23-/m0/s1. The maximum atomic E-state index is 11.9. The average molecular weight is 386 g/mol. The normalized spacial score (nSPS) is 22.0. The third-order valence-corrected chi connectivity index (χ3v) is 6.09. The molecule has 0 bridgehead atoms. The highest BCUT2D eigenvalue weighted by molar-refractivity contribution is 5.87. The highest BCUT2D eigenvalue weighted by Crippen LogP contribution is 2.53. The first-order valence-electron chi connectivity index (χ1n) is 10.0. The van der Waals surface area contributed by atoms with Gasteiger partial charge >= 0.3 is 0 Å². The number of benzene rings is 3. The van der Waals surface area contributed by atoms with Gasteiger partial charge in [-0.2, -0.15) is 0 Å². The van der Waals surface area contributed by atoms with Crippen LogP contribution in [0.3, 0.4) is 0 Å². The van der Waals surface area contributed by atoms with E-state index in [2.05, 4.69) is 47.8 Å². The van der Waals surface area contributed by atoms with Crippen LogP contribution < -0.4 is 10.1 Å². The van der Waals surface area contributed by atoms with Crippen LogP contribution in [0.4, 0.5) is 11.4 Å². The highest BCUT2D eigenvalue weighted by Gasteiger charge is 2.41. The second-order valence-electron chi connectivity index (χ2n) is 7.64. The molecule has 1 heterocycles. The largest absolute Gasteiger partial charge is 0.494 e. The predicted octanol–water partition coefficient (Wildman–Crippen LogP) is 5.97. The molecular weight excluding hydrogens is 364 g/mol. The Kier molecular flexibility index (Phi) is 4.23. The van der Waals surface area contributed by atoms with Crippen LogP contribution in [-0.4, -0.2) is 11.5 Å². The first-order chi connectivity index (χ1) is 14.2. The molecule has 5 rings (SSSR count). The van der Waals surface area contributed by atoms with E-state index >= 15 is 0 Å². The van der Waals surface area contributed by atoms with Gasteiger partial charge in [-0.25, -0.2) is 0 Å². The molecule has 0 aromatic heterocycles. The Morgan fingerprint density at radius 1 is 1.14 bits per heavy atom. The number of hydrogen-bond acceptors (Lipinski definition) is 4. The van der Waals surface area contributed by atoms with Gasteiger partial charge in [0.15, 0.2) is 0 Å². The molecule has 3 atom stereocenters. The van der Waals surface area contributed by atoms with Crippen molar-refractivity contribution in [2.75, 3.05) is 11.9 Å². The smallest absolute Gasteiger partial charge is 0.296 e. The lowest BCUT2D eigenvalue weighted by Gasteiger charge is -2.37. The third-order valence-electron chi connectivity index (χ3n) is 6.09. The molecule has 2 aliphatic rings. The number of nitro benzene ring substituents is 1. The molecule has 1 N–H and O–H groups in total. The minimum atomic E-state index is -0.312. The third kappa shape index (κ3) is 2.85. The summed E-state index contributed by atoms with van der Waals surface area (Å²) in [6, 6.07) is 18.1. The number of hydrogen-bond donors (Lipinski definition) is 1. The van der Waals surface area contributed by atoms with Crippen LogP contribution in [-0.2, 0) is 0 Å². The Morgan fingerprint density at radius 2 is 1.97 bits per heavy atom. The molecule has 3 aromatic rings. The molecule has 0 saturated heterocycles. The molecular formula is C24H22N2O3. The quantitative estimate of drug-likeness (QED) is 0.341. The van der Waals surface area contributed by atoms with E-state index in [4.69, 9.17) is 4.74 Å². The highest BCUT2D eigenvalue weighted by atomic mass is 16.6. The van der Waals surface area contributed by atoms with Gasteiger partial charge < -0.3 is 10.1 Å². The maximum absolute atomic E-state index is 11.9. The van der Waals surface area contributed by atoms with Gasteiger partial charge in [0, 0.05) is 5.92 Å². The van der Waals surface area contributed by atoms with Crippen molar-refractivity contribution in [3.63, 3.8) is 0 Å². The Labute approximate surface area is 169 Å². The Balaban J connectivity index is 1.69. The van der Waals surface area contributed by atoms with Gasteiger partial charge in [-0.15, -0.1) is 0 Å². The second kappa shape index (κ2) is 6.92. The van der Waals surface area contributed by atoms with Crippen LogP contribution in [0.2, 0.25) is 0 Å². The van der Waals surface area contributed by atoms with Crippen molar-refractivity contribution in [1.82, 2.24) is 0 Å². The van der Waals surface area contributed by atoms with Crippen LogP contribution in [0.15, 0.2) is 66.7 Å². The van der Waals surface area contributed by atoms with Crippen molar-refractivity contribution in [2.24, 2.45) is 5.92 Å². The SMILES string of the molecule is CCOc1cc2c(c([N+](=O)[O-])c1)N[C@@H](c1cccc3ccccc13)[C@@H]1CC=C[C@H]21. The zero-order valence-corrected chi connectivity index (χ0v) is 16.2. The molecule has 5 nitrogen and oxygen atoms in total. The molecule has 5 heteroatoms. The van der Waals surface area contributed by atoms with E-state index in [1.165, 1.54) is 22.4 Å². The Hall–Kier alpha value is -3.34. The summed E-state index contributed by atoms with van der Waals surface area (Å²) in [6.07, 6.45) is 5.34. The molecule has 0 spiro atoms. The minimum absolute atomic E-state index is 0.00486. The first-order valence-corrected chi connectivity index (χ1v) is 10.0. The lowest BCUT2D eigenvalue weighted by atomic mass is 9.76. The van der Waals surface area contributed by atoms with E-state index in [9.17, 15) is 10.1 Å². The van der Waals surface area contributed by atoms with Crippen molar-refractivity contribution < 1.29 is 9.66 Å². The lowest BCUT2D eigenvalue weighted by Crippen LogP contribution is -2.29. The maximum Gasteiger partial charge on any atom is 0.296 e. The summed E-state index contributed by atoms with van der Waals surface area (Å²) in [5.41, 5.74) is 2.84. The van der Waals surface area contributed by atoms with Crippen molar-refractivity contribution in [3.8, 4) is 5.75 Å². The topological polar surface area (TPSA) is 64.4 Å². The van der Waals surface area contributed by atoms with Gasteiger partial charge in [-0.05, 0) is 47.2 Å². The van der Waals surface area contributed by atoms with Gasteiger partial charge in [0.1, 0.15) is 11.4 Å². The van der Waals surface area contributed by atoms with E-state index in [0.29, 0.717) is 24.0 Å². The van der Waals surface area contributed by atoms with Crippen molar-refractivity contribution in [2.45, 2.75) is 25.3 Å². The summed E-state index contributed by atoms with van der Waals surface area (Å²) in [6.45, 7) is 2.37. The fourth-order valence-electron chi connectivity index (χ4n) is 4.88. The van der Waals surface area contributed by atoms with E-state index < -0.39 is 0 Å². The van der Waals surface area contributed by atoms with Gasteiger partial charge in [0.05, 0.1) is 23.6 Å². The molecule has 0 amide bonds. The number of allylic oxidation sites excluding steroid dienone is 2. The molecule has 1 aliphatic carbocycles. The fraction of sp³-hybridized carbons (Fsp3) is 0.250. The summed E-state index contributed by atoms with van der Waals surface area (Å²) in [5, 5.41) is 17.8. The van der Waals surface area contributed by atoms with Gasteiger partial charge in [0.2, 0.25) is 0 Å². The van der Waals surface area contributed by atoms with E-state index in [1.807, 2.05) is 25.1 Å². The number of nitrogens with zero attached hydrogens (tertiary/aromatic N) is 1. The summed E-state index contributed by atoms with van der Waals surface area (Å²) in [4.78, 5) is 11.6. The van der Waals surface area contributed by atoms with E-state index in [0.717, 1.165) is 12.0 Å². The Morgan fingerprint density at radius 3 is 2.79 bits per heavy atom. The summed E-state index contributed by atoms with van der Waals surface area (Å²) in [7, 11) is 0. The summed E-state index contributed by atoms with van der Waals surface area (Å²) >= 11 is 0. The monoisotopic (exact) mass is 386 g/mol. The zero-order valence-electron chi connectivity index (χ0n) is 16.2. The van der Waals surface area contributed by atoms with Gasteiger partial charge in [-0.1, -0.05) is 54.6 Å². The van der Waals surface area contributed by atoms with Gasteiger partial charge in [-0.3, -0.25) is 10.1 Å². The molecule has 3 aromatic carbocycles.